The lowest BCUT2D eigenvalue weighted by Crippen LogP contribution is -2.36. The number of nitrogens with one attached hydrogen (secondary N) is 6. The number of carbonyl (C=O) groups is 5. The topological polar surface area (TPSA) is 252 Å². The predicted molar refractivity (Wildman–Crippen MR) is 196 cm³/mol. The molecule has 4 heterocycles. The molecule has 3 saturated heterocycles. The van der Waals surface area contributed by atoms with Gasteiger partial charge < -0.3 is 47.2 Å². The second-order valence-electron chi connectivity index (χ2n) is 13.2. The third-order valence-electron chi connectivity index (χ3n) is 8.28. The lowest BCUT2D eigenvalue weighted by molar-refractivity contribution is -0.193. The van der Waals surface area contributed by atoms with E-state index in [1.807, 2.05) is 22.6 Å². The van der Waals surface area contributed by atoms with E-state index in [4.69, 9.17) is 29.7 Å². The van der Waals surface area contributed by atoms with Gasteiger partial charge in [-0.25, -0.2) is 19.2 Å². The zero-order valence-corrected chi connectivity index (χ0v) is 33.0. The van der Waals surface area contributed by atoms with Gasteiger partial charge in [0.05, 0.1) is 17.8 Å². The zero-order chi connectivity index (χ0) is 45.4. The van der Waals surface area contributed by atoms with E-state index in [1.54, 1.807) is 0 Å². The van der Waals surface area contributed by atoms with Gasteiger partial charge in [-0.2, -0.15) is 51.3 Å². The first kappa shape index (κ1) is 53.9. The molecule has 60 heavy (non-hydrogen) atoms. The Hall–Kier alpha value is -4.15. The molecule has 9 N–H and O–H groups in total. The molecule has 346 valence electrons. The number of carboxylic acid groups (broad SMARTS) is 3. The molecule has 0 unspecified atom stereocenters. The maximum Gasteiger partial charge on any atom is 0.490 e. The minimum Gasteiger partial charge on any atom is -0.475 e. The van der Waals surface area contributed by atoms with Gasteiger partial charge in [-0.1, -0.05) is 11.6 Å². The third kappa shape index (κ3) is 24.8. The Morgan fingerprint density at radius 1 is 0.767 bits per heavy atom. The molecule has 1 aromatic heterocycles. The third-order valence-corrected chi connectivity index (χ3v) is 9.79. The summed E-state index contributed by atoms with van der Waals surface area (Å²) in [6.07, 6.45) is -6.63. The fraction of sp³-hybridized carbons (Fsp3) is 0.781. The molecule has 3 aliphatic rings. The number of aromatic nitrogens is 3. The number of carboxylic acids is 3. The second-order valence-corrected chi connectivity index (χ2v) is 14.5. The average molecular weight is 907 g/mol. The van der Waals surface area contributed by atoms with Crippen molar-refractivity contribution in [3.8, 4) is 0 Å². The lowest BCUT2D eigenvalue weighted by Gasteiger charge is -2.22. The molecule has 3 atom stereocenters. The summed E-state index contributed by atoms with van der Waals surface area (Å²) in [5, 5.41) is 50.1. The van der Waals surface area contributed by atoms with Crippen LogP contribution in [0.2, 0.25) is 0 Å². The molecule has 1 aromatic rings. The highest BCUT2D eigenvalue weighted by Gasteiger charge is 2.43. The molecule has 28 heteroatoms. The van der Waals surface area contributed by atoms with Crippen molar-refractivity contribution < 1.29 is 78.8 Å². The first-order valence-electron chi connectivity index (χ1n) is 18.6. The van der Waals surface area contributed by atoms with Crippen LogP contribution in [-0.4, -0.2) is 166 Å². The van der Waals surface area contributed by atoms with Crippen LogP contribution in [0, 0.1) is 0 Å². The van der Waals surface area contributed by atoms with Gasteiger partial charge in [-0.3, -0.25) is 14.4 Å². The van der Waals surface area contributed by atoms with E-state index in [2.05, 4.69) is 47.1 Å². The number of thioether (sulfide) groups is 1. The van der Waals surface area contributed by atoms with Crippen molar-refractivity contribution in [2.24, 2.45) is 0 Å². The number of hydrogen-bond donors (Lipinski definition) is 9. The van der Waals surface area contributed by atoms with E-state index in [0.717, 1.165) is 115 Å². The molecule has 4 rings (SSSR count). The molecule has 3 aliphatic heterocycles. The highest BCUT2D eigenvalue weighted by Crippen LogP contribution is 2.33. The Kier molecular flexibility index (Phi) is 24.8. The van der Waals surface area contributed by atoms with Crippen molar-refractivity contribution in [2.45, 2.75) is 93.9 Å². The van der Waals surface area contributed by atoms with Crippen LogP contribution in [0.5, 0.6) is 0 Å². The van der Waals surface area contributed by atoms with Crippen LogP contribution in [0.15, 0.2) is 6.20 Å². The van der Waals surface area contributed by atoms with Gasteiger partial charge in [0.25, 0.3) is 0 Å². The van der Waals surface area contributed by atoms with Crippen LogP contribution in [-0.2, 0) is 32.3 Å². The number of amides is 3. The summed E-state index contributed by atoms with van der Waals surface area (Å²) in [5.74, 6) is -7.18. The van der Waals surface area contributed by atoms with Crippen molar-refractivity contribution in [1.29, 1.82) is 0 Å². The summed E-state index contributed by atoms with van der Waals surface area (Å²) in [5.41, 5.74) is 0.997. The number of urea groups is 1. The molecule has 0 bridgehead atoms. The van der Waals surface area contributed by atoms with Crippen LogP contribution < -0.4 is 31.9 Å². The number of fused-ring (bicyclic) bond motifs is 1. The number of aryl methyl sites for hydroxylation is 1. The number of unbranched alkanes of at least 4 members (excludes halogenated alkanes) is 1. The van der Waals surface area contributed by atoms with E-state index in [9.17, 15) is 49.1 Å². The number of carbonyl (C=O) groups excluding carboxylic acids is 2. The molecule has 0 saturated carbocycles. The summed E-state index contributed by atoms with van der Waals surface area (Å²) in [7, 11) is 0. The Morgan fingerprint density at radius 2 is 1.32 bits per heavy atom. The van der Waals surface area contributed by atoms with E-state index < -0.39 is 36.4 Å². The summed E-state index contributed by atoms with van der Waals surface area (Å²) in [4.78, 5) is 52.9. The van der Waals surface area contributed by atoms with Gasteiger partial charge in [0.1, 0.15) is 0 Å². The normalized spacial score (nSPS) is 20.5. The first-order valence-corrected chi connectivity index (χ1v) is 19.6. The predicted octanol–water partition coefficient (Wildman–Crippen LogP) is 1.77. The number of aliphatic carboxylic acids is 3. The smallest absolute Gasteiger partial charge is 0.475 e. The summed E-state index contributed by atoms with van der Waals surface area (Å²) < 4.78 is 97.1. The summed E-state index contributed by atoms with van der Waals surface area (Å²) >= 11 is 1.93. The van der Waals surface area contributed by atoms with Crippen LogP contribution in [0.25, 0.3) is 0 Å². The first-order chi connectivity index (χ1) is 28.0. The number of hydrogen-bond acceptors (Lipinski definition) is 12. The molecule has 3 fully saturated rings. The second kappa shape index (κ2) is 27.6. The number of rotatable bonds is 11. The molecule has 0 spiro atoms. The van der Waals surface area contributed by atoms with Gasteiger partial charge in [0, 0.05) is 69.4 Å². The monoisotopic (exact) mass is 906 g/mol. The van der Waals surface area contributed by atoms with Crippen molar-refractivity contribution in [2.75, 3.05) is 64.7 Å². The quantitative estimate of drug-likeness (QED) is 0.0872. The molecular weight excluding hydrogens is 855 g/mol. The van der Waals surface area contributed by atoms with Crippen LogP contribution in [0.1, 0.15) is 50.6 Å². The largest absolute Gasteiger partial charge is 0.490 e. The van der Waals surface area contributed by atoms with Crippen molar-refractivity contribution in [3.05, 3.63) is 11.9 Å². The van der Waals surface area contributed by atoms with E-state index in [1.165, 1.54) is 0 Å². The van der Waals surface area contributed by atoms with Crippen molar-refractivity contribution >= 4 is 41.6 Å². The molecular formula is C32H51F9N10O8S. The number of alkyl halides is 9. The van der Waals surface area contributed by atoms with Gasteiger partial charge in [0.2, 0.25) is 5.91 Å². The average Bonchev–Trinajstić information content (AvgIpc) is 3.86. The van der Waals surface area contributed by atoms with Crippen LogP contribution in [0.4, 0.5) is 44.3 Å². The highest BCUT2D eigenvalue weighted by molar-refractivity contribution is 8.00. The van der Waals surface area contributed by atoms with Crippen LogP contribution >= 0.6 is 11.8 Å². The maximum atomic E-state index is 12.2. The highest BCUT2D eigenvalue weighted by atomic mass is 32.2. The Labute approximate surface area is 342 Å². The molecule has 0 aliphatic carbocycles. The van der Waals surface area contributed by atoms with Gasteiger partial charge >= 0.3 is 42.5 Å². The molecule has 3 amide bonds. The van der Waals surface area contributed by atoms with Gasteiger partial charge in [-0.15, -0.1) is 5.10 Å². The minimum absolute atomic E-state index is 0.0415. The maximum absolute atomic E-state index is 12.2. The molecule has 0 radical (unpaired) electrons. The Morgan fingerprint density at radius 3 is 1.88 bits per heavy atom. The van der Waals surface area contributed by atoms with E-state index in [0.29, 0.717) is 18.2 Å². The van der Waals surface area contributed by atoms with Gasteiger partial charge in [-0.05, 0) is 58.3 Å². The minimum atomic E-state index is -5.08. The van der Waals surface area contributed by atoms with Crippen molar-refractivity contribution in [1.82, 2.24) is 51.8 Å². The Bertz CT molecular complexity index is 1390. The lowest BCUT2D eigenvalue weighted by atomic mass is 10.0. The number of halogens is 9. The SMILES string of the molecule is O=C(CCCC[C@@H]1SC[C@@H]2NC(=O)N[C@@H]21)NCCCn1cc(CN2CCCNCCNCCCNCC2)nn1.O=C(O)C(F)(F)F.O=C(O)C(F)(F)F.O=C(O)C(F)(F)F. The van der Waals surface area contributed by atoms with Gasteiger partial charge in [0.15, 0.2) is 0 Å². The Balaban J connectivity index is 0.000000702. The molecule has 0 aromatic carbocycles. The summed E-state index contributed by atoms with van der Waals surface area (Å²) in [6.45, 7) is 10.4. The van der Waals surface area contributed by atoms with Crippen molar-refractivity contribution in [3.63, 3.8) is 0 Å². The standard InChI is InChI=1S/C26H48N10O2S.3C2HF3O2/c37-24(7-2-1-6-23-25-22(20-39-23)31-26(38)32-25)30-11-5-16-36-19-21(33-34-36)18-35-15-4-10-28-13-12-27-8-3-9-29-14-17-35;3*3-2(4,5)1(6)7/h19,22-23,25,27-29H,1-18,20H2,(H,30,37)(H2,31,32,38);3*(H,6,7)/t22-,23-,25-;;;/m0.../s1. The summed E-state index contributed by atoms with van der Waals surface area (Å²) in [6, 6.07) is 0.467. The van der Waals surface area contributed by atoms with Crippen LogP contribution in [0.3, 0.4) is 0 Å². The van der Waals surface area contributed by atoms with E-state index >= 15 is 0 Å². The zero-order valence-electron chi connectivity index (χ0n) is 32.2. The fourth-order valence-corrected chi connectivity index (χ4v) is 6.95. The fourth-order valence-electron chi connectivity index (χ4n) is 5.41. The number of nitrogens with zero attached hydrogens (tertiary/aromatic N) is 4. The molecule has 18 nitrogen and oxygen atoms in total. The van der Waals surface area contributed by atoms with E-state index in [-0.39, 0.29) is 24.0 Å².